The Morgan fingerprint density at radius 3 is 2.46 bits per heavy atom. The van der Waals surface area contributed by atoms with Gasteiger partial charge < -0.3 is 24.8 Å². The minimum atomic E-state index is -1.80. The van der Waals surface area contributed by atoms with Crippen LogP contribution in [0.25, 0.3) is 0 Å². The number of hydrogen-bond donors (Lipinski definition) is 4. The summed E-state index contributed by atoms with van der Waals surface area (Å²) < 4.78 is 5.55. The molecule has 7 atom stereocenters. The van der Waals surface area contributed by atoms with Crippen molar-refractivity contribution in [3.05, 3.63) is 23.7 Å². The van der Waals surface area contributed by atoms with Crippen molar-refractivity contribution in [2.45, 2.75) is 70.4 Å². The average Bonchev–Trinajstić information content (AvgIpc) is 3.03. The van der Waals surface area contributed by atoms with E-state index in [0.717, 1.165) is 0 Å². The van der Waals surface area contributed by atoms with Crippen molar-refractivity contribution in [1.82, 2.24) is 0 Å². The molecule has 4 rings (SSSR count). The minimum absolute atomic E-state index is 0.133. The molecule has 0 bridgehead atoms. The maximum atomic E-state index is 13.1. The summed E-state index contributed by atoms with van der Waals surface area (Å²) >= 11 is 0. The van der Waals surface area contributed by atoms with Crippen molar-refractivity contribution in [2.75, 3.05) is 0 Å². The molecule has 1 aromatic heterocycles. The van der Waals surface area contributed by atoms with Crippen molar-refractivity contribution in [3.8, 4) is 0 Å². The zero-order valence-corrected chi connectivity index (χ0v) is 15.7. The molecule has 6 nitrogen and oxygen atoms in total. The predicted molar refractivity (Wildman–Crippen MR) is 92.1 cm³/mol. The highest BCUT2D eigenvalue weighted by atomic mass is 16.4. The van der Waals surface area contributed by atoms with Crippen LogP contribution in [0.5, 0.6) is 0 Å². The van der Waals surface area contributed by atoms with Gasteiger partial charge in [0.1, 0.15) is 23.2 Å². The van der Waals surface area contributed by atoms with E-state index in [1.807, 2.05) is 13.8 Å². The van der Waals surface area contributed by atoms with E-state index < -0.39 is 46.1 Å². The number of aliphatic hydroxyl groups is 4. The van der Waals surface area contributed by atoms with Crippen molar-refractivity contribution in [1.29, 1.82) is 0 Å². The molecular formula is C20H28O6. The van der Waals surface area contributed by atoms with Crippen LogP contribution in [0.4, 0.5) is 0 Å². The van der Waals surface area contributed by atoms with Gasteiger partial charge in [-0.15, -0.1) is 0 Å². The van der Waals surface area contributed by atoms with Crippen LogP contribution in [0.15, 0.2) is 16.7 Å². The Labute approximate surface area is 152 Å². The second-order valence-corrected chi connectivity index (χ2v) is 9.45. The van der Waals surface area contributed by atoms with Gasteiger partial charge in [0.05, 0.1) is 23.4 Å². The molecule has 4 N–H and O–H groups in total. The summed E-state index contributed by atoms with van der Waals surface area (Å²) in [5, 5.41) is 45.1. The molecule has 0 aromatic carbocycles. The largest absolute Gasteiger partial charge is 0.469 e. The molecule has 2 saturated carbocycles. The van der Waals surface area contributed by atoms with E-state index in [0.29, 0.717) is 30.6 Å². The lowest BCUT2D eigenvalue weighted by Crippen LogP contribution is -2.79. The van der Waals surface area contributed by atoms with Gasteiger partial charge in [0.25, 0.3) is 0 Å². The van der Waals surface area contributed by atoms with Gasteiger partial charge in [-0.1, -0.05) is 13.8 Å². The number of hydrogen-bond acceptors (Lipinski definition) is 6. The van der Waals surface area contributed by atoms with Crippen LogP contribution in [-0.2, 0) is 16.8 Å². The van der Waals surface area contributed by atoms with Crippen LogP contribution in [0.2, 0.25) is 0 Å². The van der Waals surface area contributed by atoms with Gasteiger partial charge in [-0.3, -0.25) is 4.79 Å². The Balaban J connectivity index is 1.98. The van der Waals surface area contributed by atoms with Gasteiger partial charge in [0, 0.05) is 24.3 Å². The van der Waals surface area contributed by atoms with Crippen LogP contribution in [0.1, 0.15) is 51.9 Å². The first kappa shape index (κ1) is 18.2. The van der Waals surface area contributed by atoms with Crippen molar-refractivity contribution in [2.24, 2.45) is 22.7 Å². The lowest BCUT2D eigenvalue weighted by Gasteiger charge is -2.67. The SMILES string of the molecule is CC1(O)c2ccoc2CC2C1C(O)C(O)C1(O)C(C)(C)CCC(=O)C21C. The average molecular weight is 364 g/mol. The maximum Gasteiger partial charge on any atom is 0.142 e. The van der Waals surface area contributed by atoms with E-state index in [9.17, 15) is 25.2 Å². The normalized spacial score (nSPS) is 49.9. The van der Waals surface area contributed by atoms with Gasteiger partial charge >= 0.3 is 0 Å². The Hall–Kier alpha value is -1.21. The minimum Gasteiger partial charge on any atom is -0.469 e. The molecule has 6 heteroatoms. The topological polar surface area (TPSA) is 111 Å². The molecule has 0 radical (unpaired) electrons. The van der Waals surface area contributed by atoms with Gasteiger partial charge in [0.15, 0.2) is 0 Å². The number of furan rings is 1. The third kappa shape index (κ3) is 1.74. The molecule has 3 aliphatic rings. The Morgan fingerprint density at radius 1 is 1.15 bits per heavy atom. The van der Waals surface area contributed by atoms with Crippen LogP contribution < -0.4 is 0 Å². The first-order chi connectivity index (χ1) is 11.9. The summed E-state index contributed by atoms with van der Waals surface area (Å²) in [4.78, 5) is 13.1. The fraction of sp³-hybridized carbons (Fsp3) is 0.750. The van der Waals surface area contributed by atoms with Crippen LogP contribution in [0, 0.1) is 22.7 Å². The summed E-state index contributed by atoms with van der Waals surface area (Å²) in [6.07, 6.45) is -0.352. The van der Waals surface area contributed by atoms with Crippen molar-refractivity contribution < 1.29 is 29.6 Å². The second-order valence-electron chi connectivity index (χ2n) is 9.45. The zero-order chi connectivity index (χ0) is 19.3. The summed E-state index contributed by atoms with van der Waals surface area (Å²) in [6, 6.07) is 1.67. The number of Topliss-reactive ketones (excluding diaryl/α,β-unsaturated/α-hetero) is 1. The standard InChI is InChI=1S/C20H28O6/c1-17(2)7-5-13(21)18(3)11-9-12-10(6-8-26-12)19(4,24)14(11)15(22)16(23)20(17,18)25/h6,8,11,14-16,22-25H,5,7,9H2,1-4H3. The van der Waals surface area contributed by atoms with E-state index in [1.54, 1.807) is 19.9 Å². The molecule has 3 aliphatic carbocycles. The van der Waals surface area contributed by atoms with Crippen LogP contribution in [-0.4, -0.2) is 44.0 Å². The quantitative estimate of drug-likeness (QED) is 0.549. The van der Waals surface area contributed by atoms with E-state index in [-0.39, 0.29) is 5.78 Å². The van der Waals surface area contributed by atoms with Gasteiger partial charge in [-0.05, 0) is 37.7 Å². The fourth-order valence-electron chi connectivity index (χ4n) is 6.41. The molecule has 7 unspecified atom stereocenters. The number of rotatable bonds is 0. The smallest absolute Gasteiger partial charge is 0.142 e. The van der Waals surface area contributed by atoms with E-state index >= 15 is 0 Å². The Morgan fingerprint density at radius 2 is 1.81 bits per heavy atom. The predicted octanol–water partition coefficient (Wildman–Crippen LogP) is 1.14. The van der Waals surface area contributed by atoms with Crippen molar-refractivity contribution in [3.63, 3.8) is 0 Å². The molecule has 2 fully saturated rings. The first-order valence-electron chi connectivity index (χ1n) is 9.31. The summed E-state index contributed by atoms with van der Waals surface area (Å²) in [5.74, 6) is -0.900. The number of ketones is 1. The van der Waals surface area contributed by atoms with Crippen LogP contribution in [0.3, 0.4) is 0 Å². The van der Waals surface area contributed by atoms with Gasteiger partial charge in [-0.2, -0.15) is 0 Å². The molecule has 26 heavy (non-hydrogen) atoms. The zero-order valence-electron chi connectivity index (χ0n) is 15.7. The van der Waals surface area contributed by atoms with Gasteiger partial charge in [-0.25, -0.2) is 0 Å². The van der Waals surface area contributed by atoms with E-state index in [2.05, 4.69) is 0 Å². The maximum absolute atomic E-state index is 13.1. The summed E-state index contributed by atoms with van der Waals surface area (Å²) in [7, 11) is 0. The highest BCUT2D eigenvalue weighted by Gasteiger charge is 2.76. The fourth-order valence-corrected chi connectivity index (χ4v) is 6.41. The summed E-state index contributed by atoms with van der Waals surface area (Å²) in [5.41, 5.74) is -4.77. The number of carbonyl (C=O) groups is 1. The first-order valence-corrected chi connectivity index (χ1v) is 9.31. The lowest BCUT2D eigenvalue weighted by molar-refractivity contribution is -0.313. The third-order valence-corrected chi connectivity index (χ3v) is 8.02. The molecule has 0 amide bonds. The number of aliphatic hydroxyl groups excluding tert-OH is 2. The van der Waals surface area contributed by atoms with Crippen LogP contribution >= 0.6 is 0 Å². The number of fused-ring (bicyclic) bond motifs is 4. The third-order valence-electron chi connectivity index (χ3n) is 8.02. The molecule has 0 aliphatic heterocycles. The molecule has 1 heterocycles. The lowest BCUT2D eigenvalue weighted by atomic mass is 9.39. The molecular weight excluding hydrogens is 336 g/mol. The summed E-state index contributed by atoms with van der Waals surface area (Å²) in [6.45, 7) is 6.92. The highest BCUT2D eigenvalue weighted by Crippen LogP contribution is 2.66. The number of carbonyl (C=O) groups excluding carboxylic acids is 1. The molecule has 144 valence electrons. The highest BCUT2D eigenvalue weighted by molar-refractivity contribution is 5.88. The van der Waals surface area contributed by atoms with E-state index in [4.69, 9.17) is 4.42 Å². The molecule has 0 saturated heterocycles. The second kappa shape index (κ2) is 4.98. The van der Waals surface area contributed by atoms with E-state index in [1.165, 1.54) is 6.26 Å². The van der Waals surface area contributed by atoms with Gasteiger partial charge in [0.2, 0.25) is 0 Å². The molecule has 0 spiro atoms. The van der Waals surface area contributed by atoms with Crippen molar-refractivity contribution >= 4 is 5.78 Å². The monoisotopic (exact) mass is 364 g/mol. The Bertz CT molecular complexity index is 764. The Kier molecular flexibility index (Phi) is 3.48. The molecule has 1 aromatic rings.